The number of hydrogen-bond acceptors (Lipinski definition) is 6. The zero-order valence-corrected chi connectivity index (χ0v) is 21.8. The Labute approximate surface area is 201 Å². The van der Waals surface area contributed by atoms with E-state index in [9.17, 15) is 8.42 Å². The van der Waals surface area contributed by atoms with Crippen LogP contribution in [0.1, 0.15) is 16.7 Å². The average Bonchev–Trinajstić information content (AvgIpc) is 2.72. The Balaban J connectivity index is 0.00000480. The van der Waals surface area contributed by atoms with Crippen molar-refractivity contribution in [2.24, 2.45) is 4.99 Å². The fraction of sp³-hybridized carbons (Fsp3) is 0.381. The highest BCUT2D eigenvalue weighted by atomic mass is 127. The van der Waals surface area contributed by atoms with Crippen molar-refractivity contribution in [3.8, 4) is 17.2 Å². The lowest BCUT2D eigenvalue weighted by Crippen LogP contribution is -2.36. The standard InChI is InChI=1S/C21H29N3O5S.HI/c1-14-11-15(7-10-18(14)30(6,25)26)12-23-21(22-2)24-13-16-8-9-17(27-3)20(29-5)19(16)28-4;/h7-11H,12-13H2,1-6H3,(H2,22,23,24);1H. The van der Waals surface area contributed by atoms with Gasteiger partial charge in [-0.2, -0.15) is 0 Å². The number of methoxy groups -OCH3 is 3. The molecule has 2 aromatic carbocycles. The van der Waals surface area contributed by atoms with Crippen LogP contribution in [0, 0.1) is 6.92 Å². The Kier molecular flexibility index (Phi) is 10.4. The predicted molar refractivity (Wildman–Crippen MR) is 133 cm³/mol. The predicted octanol–water partition coefficient (Wildman–Crippen LogP) is 2.91. The average molecular weight is 563 g/mol. The zero-order chi connectivity index (χ0) is 22.3. The summed E-state index contributed by atoms with van der Waals surface area (Å²) >= 11 is 0. The topological polar surface area (TPSA) is 98.3 Å². The molecule has 31 heavy (non-hydrogen) atoms. The summed E-state index contributed by atoms with van der Waals surface area (Å²) < 4.78 is 39.8. The molecule has 0 aliphatic carbocycles. The van der Waals surface area contributed by atoms with Gasteiger partial charge in [-0.05, 0) is 36.2 Å². The van der Waals surface area contributed by atoms with Gasteiger partial charge in [0.25, 0.3) is 0 Å². The van der Waals surface area contributed by atoms with Crippen molar-refractivity contribution >= 4 is 39.8 Å². The summed E-state index contributed by atoms with van der Waals surface area (Å²) in [6.45, 7) is 2.74. The smallest absolute Gasteiger partial charge is 0.203 e. The first-order valence-electron chi connectivity index (χ1n) is 9.27. The molecule has 0 fully saturated rings. The van der Waals surface area contributed by atoms with Crippen LogP contribution in [0.15, 0.2) is 40.2 Å². The van der Waals surface area contributed by atoms with E-state index in [2.05, 4.69) is 15.6 Å². The zero-order valence-electron chi connectivity index (χ0n) is 18.6. The van der Waals surface area contributed by atoms with Crippen molar-refractivity contribution in [1.82, 2.24) is 10.6 Å². The molecule has 0 radical (unpaired) electrons. The number of aliphatic imine (C=N–C) groups is 1. The molecule has 0 saturated heterocycles. The molecule has 0 heterocycles. The highest BCUT2D eigenvalue weighted by Gasteiger charge is 2.16. The molecule has 0 aromatic heterocycles. The molecule has 0 aliphatic heterocycles. The van der Waals surface area contributed by atoms with E-state index in [1.807, 2.05) is 18.2 Å². The van der Waals surface area contributed by atoms with E-state index in [4.69, 9.17) is 14.2 Å². The van der Waals surface area contributed by atoms with E-state index in [1.54, 1.807) is 47.4 Å². The van der Waals surface area contributed by atoms with E-state index in [0.717, 1.165) is 16.7 Å². The van der Waals surface area contributed by atoms with Gasteiger partial charge in [0, 0.05) is 32.0 Å². The molecule has 0 saturated carbocycles. The lowest BCUT2D eigenvalue weighted by Gasteiger charge is -2.17. The summed E-state index contributed by atoms with van der Waals surface area (Å²) in [5.74, 6) is 2.31. The molecule has 10 heteroatoms. The Hall–Kier alpha value is -2.21. The molecule has 0 amide bonds. The molecule has 2 rings (SSSR count). The highest BCUT2D eigenvalue weighted by molar-refractivity contribution is 14.0. The van der Waals surface area contributed by atoms with E-state index < -0.39 is 9.84 Å². The lowest BCUT2D eigenvalue weighted by atomic mass is 10.1. The van der Waals surface area contributed by atoms with Crippen molar-refractivity contribution in [1.29, 1.82) is 0 Å². The monoisotopic (exact) mass is 563 g/mol. The minimum atomic E-state index is -3.23. The number of aryl methyl sites for hydroxylation is 1. The summed E-state index contributed by atoms with van der Waals surface area (Å²) in [5, 5.41) is 6.46. The first-order valence-corrected chi connectivity index (χ1v) is 11.2. The molecule has 0 spiro atoms. The van der Waals surface area contributed by atoms with Gasteiger partial charge in [0.15, 0.2) is 27.3 Å². The van der Waals surface area contributed by atoms with E-state index in [-0.39, 0.29) is 24.0 Å². The van der Waals surface area contributed by atoms with Gasteiger partial charge >= 0.3 is 0 Å². The number of nitrogens with one attached hydrogen (secondary N) is 2. The molecule has 0 atom stereocenters. The number of guanidine groups is 1. The number of halogens is 1. The first-order chi connectivity index (χ1) is 14.2. The third-order valence-corrected chi connectivity index (χ3v) is 5.81. The summed E-state index contributed by atoms with van der Waals surface area (Å²) in [7, 11) is 3.17. The van der Waals surface area contributed by atoms with Gasteiger partial charge in [0.2, 0.25) is 5.75 Å². The molecule has 0 bridgehead atoms. The molecular formula is C21H30IN3O5S. The van der Waals surface area contributed by atoms with E-state index >= 15 is 0 Å². The maximum absolute atomic E-state index is 11.8. The third kappa shape index (κ3) is 6.89. The number of benzene rings is 2. The van der Waals surface area contributed by atoms with Crippen LogP contribution >= 0.6 is 24.0 Å². The molecule has 172 valence electrons. The second-order valence-corrected chi connectivity index (χ2v) is 8.63. The normalized spacial score (nSPS) is 11.4. The Morgan fingerprint density at radius 3 is 2.13 bits per heavy atom. The van der Waals surface area contributed by atoms with Crippen molar-refractivity contribution in [2.75, 3.05) is 34.6 Å². The van der Waals surface area contributed by atoms with E-state index in [1.165, 1.54) is 6.26 Å². The van der Waals surface area contributed by atoms with Gasteiger partial charge in [-0.15, -0.1) is 24.0 Å². The van der Waals surface area contributed by atoms with Gasteiger partial charge in [0.05, 0.1) is 26.2 Å². The summed E-state index contributed by atoms with van der Waals surface area (Å²) in [6, 6.07) is 9.00. The van der Waals surface area contributed by atoms with Crippen LogP contribution in [0.3, 0.4) is 0 Å². The lowest BCUT2D eigenvalue weighted by molar-refractivity contribution is 0.322. The fourth-order valence-corrected chi connectivity index (χ4v) is 4.08. The fourth-order valence-electron chi connectivity index (χ4n) is 3.13. The van der Waals surface area contributed by atoms with Gasteiger partial charge < -0.3 is 24.8 Å². The summed E-state index contributed by atoms with van der Waals surface area (Å²) in [5.41, 5.74) is 2.55. The number of nitrogens with zero attached hydrogens (tertiary/aromatic N) is 1. The largest absolute Gasteiger partial charge is 0.493 e. The maximum atomic E-state index is 11.8. The molecular weight excluding hydrogens is 533 g/mol. The van der Waals surface area contributed by atoms with Gasteiger partial charge in [-0.3, -0.25) is 4.99 Å². The number of sulfone groups is 1. The number of ether oxygens (including phenoxy) is 3. The minimum absolute atomic E-state index is 0. The van der Waals surface area contributed by atoms with Crippen LogP contribution < -0.4 is 24.8 Å². The highest BCUT2D eigenvalue weighted by Crippen LogP contribution is 2.39. The number of hydrogen-bond donors (Lipinski definition) is 2. The van der Waals surface area contributed by atoms with Gasteiger partial charge in [-0.25, -0.2) is 8.42 Å². The quantitative estimate of drug-likeness (QED) is 0.290. The van der Waals surface area contributed by atoms with Crippen LogP contribution in [-0.2, 0) is 22.9 Å². The number of rotatable bonds is 8. The first kappa shape index (κ1) is 26.8. The van der Waals surface area contributed by atoms with Gasteiger partial charge in [0.1, 0.15) is 0 Å². The second kappa shape index (κ2) is 12.0. The maximum Gasteiger partial charge on any atom is 0.203 e. The van der Waals surface area contributed by atoms with Crippen LogP contribution in [-0.4, -0.2) is 49.0 Å². The van der Waals surface area contributed by atoms with Crippen molar-refractivity contribution in [3.63, 3.8) is 0 Å². The van der Waals surface area contributed by atoms with Gasteiger partial charge in [-0.1, -0.05) is 12.1 Å². The van der Waals surface area contributed by atoms with Crippen molar-refractivity contribution < 1.29 is 22.6 Å². The second-order valence-electron chi connectivity index (χ2n) is 6.64. The van der Waals surface area contributed by atoms with Crippen molar-refractivity contribution in [2.45, 2.75) is 24.9 Å². The Bertz CT molecular complexity index is 1030. The summed E-state index contributed by atoms with van der Waals surface area (Å²) in [4.78, 5) is 4.57. The third-order valence-electron chi connectivity index (χ3n) is 4.55. The van der Waals surface area contributed by atoms with E-state index in [0.29, 0.717) is 41.2 Å². The van der Waals surface area contributed by atoms with Crippen LogP contribution in [0.5, 0.6) is 17.2 Å². The van der Waals surface area contributed by atoms with Crippen molar-refractivity contribution in [3.05, 3.63) is 47.0 Å². The SMILES string of the molecule is CN=C(NCc1ccc(S(C)(=O)=O)c(C)c1)NCc1ccc(OC)c(OC)c1OC.I. The molecule has 8 nitrogen and oxygen atoms in total. The summed E-state index contributed by atoms with van der Waals surface area (Å²) in [6.07, 6.45) is 1.21. The Morgan fingerprint density at radius 2 is 1.61 bits per heavy atom. The minimum Gasteiger partial charge on any atom is -0.493 e. The molecule has 2 aromatic rings. The Morgan fingerprint density at radius 1 is 0.968 bits per heavy atom. The molecule has 0 unspecified atom stereocenters. The van der Waals surface area contributed by atoms with Crippen LogP contribution in [0.25, 0.3) is 0 Å². The molecule has 2 N–H and O–H groups in total. The molecule has 0 aliphatic rings. The van der Waals surface area contributed by atoms with Crippen LogP contribution in [0.4, 0.5) is 0 Å². The van der Waals surface area contributed by atoms with Crippen LogP contribution in [0.2, 0.25) is 0 Å².